The summed E-state index contributed by atoms with van der Waals surface area (Å²) in [6.07, 6.45) is 1.18. The van der Waals surface area contributed by atoms with Gasteiger partial charge in [-0.3, -0.25) is 0 Å². The van der Waals surface area contributed by atoms with Gasteiger partial charge in [-0.15, -0.1) is 24.0 Å². The molecule has 2 rings (SSSR count). The molecule has 0 unspecified atom stereocenters. The van der Waals surface area contributed by atoms with Gasteiger partial charge >= 0.3 is 0 Å². The highest BCUT2D eigenvalue weighted by atomic mass is 127. The maximum absolute atomic E-state index is 13.9. The summed E-state index contributed by atoms with van der Waals surface area (Å²) < 4.78 is 13.9. The Morgan fingerprint density at radius 3 is 2.64 bits per heavy atom. The quantitative estimate of drug-likeness (QED) is 0.412. The summed E-state index contributed by atoms with van der Waals surface area (Å²) in [5.41, 5.74) is 2.10. The minimum Gasteiger partial charge on any atom is -0.357 e. The van der Waals surface area contributed by atoms with Gasteiger partial charge in [-0.25, -0.2) is 9.38 Å². The lowest BCUT2D eigenvalue weighted by molar-refractivity contribution is 0.370. The fourth-order valence-electron chi connectivity index (χ4n) is 3.07. The third-order valence-corrected chi connectivity index (χ3v) is 4.32. The van der Waals surface area contributed by atoms with E-state index in [1.54, 1.807) is 6.07 Å². The van der Waals surface area contributed by atoms with Crippen molar-refractivity contribution in [3.05, 3.63) is 35.1 Å². The molecule has 0 radical (unpaired) electrons. The van der Waals surface area contributed by atoms with Gasteiger partial charge < -0.3 is 15.1 Å². The highest BCUT2D eigenvalue weighted by Crippen LogP contribution is 2.28. The van der Waals surface area contributed by atoms with E-state index in [9.17, 15) is 4.39 Å². The number of hydrogen-bond donors (Lipinski definition) is 1. The van der Waals surface area contributed by atoms with Gasteiger partial charge in [0, 0.05) is 31.7 Å². The van der Waals surface area contributed by atoms with Gasteiger partial charge in [0.25, 0.3) is 0 Å². The predicted octanol–water partition coefficient (Wildman–Crippen LogP) is 3.70. The third-order valence-electron chi connectivity index (χ3n) is 4.32. The highest BCUT2D eigenvalue weighted by molar-refractivity contribution is 14.0. The van der Waals surface area contributed by atoms with E-state index in [-0.39, 0.29) is 29.8 Å². The number of benzene rings is 1. The van der Waals surface area contributed by atoms with E-state index in [2.05, 4.69) is 31.0 Å². The zero-order chi connectivity index (χ0) is 17.7. The van der Waals surface area contributed by atoms with Crippen LogP contribution in [0.3, 0.4) is 0 Å². The molecule has 142 valence electrons. The van der Waals surface area contributed by atoms with Crippen molar-refractivity contribution in [3.8, 4) is 0 Å². The van der Waals surface area contributed by atoms with Crippen molar-refractivity contribution in [2.75, 3.05) is 33.7 Å². The Morgan fingerprint density at radius 2 is 2.08 bits per heavy atom. The lowest BCUT2D eigenvalue weighted by Crippen LogP contribution is -2.40. The molecule has 0 aliphatic carbocycles. The van der Waals surface area contributed by atoms with E-state index < -0.39 is 0 Å². The Hall–Kier alpha value is -0.890. The van der Waals surface area contributed by atoms with Gasteiger partial charge in [-0.2, -0.15) is 0 Å². The topological polar surface area (TPSA) is 30.9 Å². The van der Waals surface area contributed by atoms with E-state index in [4.69, 9.17) is 4.99 Å². The van der Waals surface area contributed by atoms with Crippen LogP contribution in [0.25, 0.3) is 0 Å². The Labute approximate surface area is 168 Å². The van der Waals surface area contributed by atoms with E-state index in [1.807, 2.05) is 31.1 Å². The first kappa shape index (κ1) is 22.2. The first-order chi connectivity index (χ1) is 11.3. The number of hydrogen-bond acceptors (Lipinski definition) is 2. The number of nitrogens with one attached hydrogen (secondary N) is 1. The first-order valence-corrected chi connectivity index (χ1v) is 8.76. The average Bonchev–Trinajstić information content (AvgIpc) is 2.86. The van der Waals surface area contributed by atoms with Gasteiger partial charge in [-0.1, -0.05) is 19.9 Å². The van der Waals surface area contributed by atoms with Crippen LogP contribution in [-0.2, 0) is 13.1 Å². The van der Waals surface area contributed by atoms with E-state index in [1.165, 1.54) is 6.42 Å². The second-order valence-electron chi connectivity index (χ2n) is 7.67. The Balaban J connectivity index is 0.00000312. The second kappa shape index (κ2) is 9.71. The molecule has 25 heavy (non-hydrogen) atoms. The lowest BCUT2D eigenvalue weighted by Gasteiger charge is -2.23. The SMILES string of the molecule is CCNC(=NCc1ccc(F)c(CN(C)C)c1)N1CCC(C)(C)C1.I. The number of likely N-dealkylation sites (tertiary alicyclic amines) is 1. The molecule has 1 heterocycles. The Kier molecular flexibility index (Phi) is 8.60. The second-order valence-corrected chi connectivity index (χ2v) is 7.67. The van der Waals surface area contributed by atoms with Gasteiger partial charge in [0.1, 0.15) is 5.82 Å². The summed E-state index contributed by atoms with van der Waals surface area (Å²) in [7, 11) is 3.89. The van der Waals surface area contributed by atoms with Crippen molar-refractivity contribution < 1.29 is 4.39 Å². The number of nitrogens with zero attached hydrogens (tertiary/aromatic N) is 3. The van der Waals surface area contributed by atoms with Crippen molar-refractivity contribution in [3.63, 3.8) is 0 Å². The molecule has 1 aliphatic heterocycles. The molecular formula is C19H32FIN4. The van der Waals surface area contributed by atoms with Gasteiger partial charge in [0.15, 0.2) is 5.96 Å². The van der Waals surface area contributed by atoms with E-state index in [0.29, 0.717) is 18.5 Å². The van der Waals surface area contributed by atoms with Crippen LogP contribution in [0.15, 0.2) is 23.2 Å². The van der Waals surface area contributed by atoms with Crippen LogP contribution < -0.4 is 5.32 Å². The number of guanidine groups is 1. The molecule has 0 saturated carbocycles. The van der Waals surface area contributed by atoms with Crippen molar-refractivity contribution in [2.24, 2.45) is 10.4 Å². The number of aliphatic imine (C=N–C) groups is 1. The molecule has 1 saturated heterocycles. The van der Waals surface area contributed by atoms with Crippen LogP contribution in [0.2, 0.25) is 0 Å². The van der Waals surface area contributed by atoms with Crippen LogP contribution in [0.1, 0.15) is 38.3 Å². The average molecular weight is 462 g/mol. The van der Waals surface area contributed by atoms with Gasteiger partial charge in [0.05, 0.1) is 6.54 Å². The maximum Gasteiger partial charge on any atom is 0.194 e. The molecule has 1 fully saturated rings. The van der Waals surface area contributed by atoms with Gasteiger partial charge in [0.2, 0.25) is 0 Å². The zero-order valence-corrected chi connectivity index (χ0v) is 18.4. The largest absolute Gasteiger partial charge is 0.357 e. The van der Waals surface area contributed by atoms with E-state index >= 15 is 0 Å². The highest BCUT2D eigenvalue weighted by Gasteiger charge is 2.30. The first-order valence-electron chi connectivity index (χ1n) is 8.76. The Bertz CT molecular complexity index is 587. The molecule has 0 bridgehead atoms. The summed E-state index contributed by atoms with van der Waals surface area (Å²) >= 11 is 0. The minimum absolute atomic E-state index is 0. The zero-order valence-electron chi connectivity index (χ0n) is 16.1. The summed E-state index contributed by atoms with van der Waals surface area (Å²) in [4.78, 5) is 9.08. The monoisotopic (exact) mass is 462 g/mol. The molecule has 0 atom stereocenters. The summed E-state index contributed by atoms with van der Waals surface area (Å²) in [6.45, 7) is 10.8. The molecule has 1 N–H and O–H groups in total. The molecule has 1 aromatic rings. The molecule has 0 spiro atoms. The standard InChI is InChI=1S/C19H31FN4.HI/c1-6-21-18(24-10-9-19(2,3)14-24)22-12-15-7-8-17(20)16(11-15)13-23(4)5;/h7-8,11H,6,9-10,12-14H2,1-5H3,(H,21,22);1H. The van der Waals surface area contributed by atoms with E-state index in [0.717, 1.165) is 36.7 Å². The molecule has 1 aromatic carbocycles. The van der Waals surface area contributed by atoms with Gasteiger partial charge in [-0.05, 0) is 50.6 Å². The maximum atomic E-state index is 13.9. The Morgan fingerprint density at radius 1 is 1.36 bits per heavy atom. The molecule has 0 amide bonds. The fraction of sp³-hybridized carbons (Fsp3) is 0.632. The third kappa shape index (κ3) is 6.73. The molecule has 0 aromatic heterocycles. The predicted molar refractivity (Wildman–Crippen MR) is 114 cm³/mol. The van der Waals surface area contributed by atoms with Crippen molar-refractivity contribution in [2.45, 2.75) is 40.3 Å². The van der Waals surface area contributed by atoms with Crippen LogP contribution >= 0.6 is 24.0 Å². The summed E-state index contributed by atoms with van der Waals surface area (Å²) in [6, 6.07) is 5.31. The van der Waals surface area contributed by atoms with Crippen LogP contribution in [0.5, 0.6) is 0 Å². The molecular weight excluding hydrogens is 430 g/mol. The van der Waals surface area contributed by atoms with Crippen LogP contribution in [0.4, 0.5) is 4.39 Å². The number of halogens is 2. The molecule has 4 nitrogen and oxygen atoms in total. The van der Waals surface area contributed by atoms with Crippen molar-refractivity contribution in [1.29, 1.82) is 0 Å². The molecule has 6 heteroatoms. The minimum atomic E-state index is -0.148. The van der Waals surface area contributed by atoms with Crippen molar-refractivity contribution in [1.82, 2.24) is 15.1 Å². The van der Waals surface area contributed by atoms with Crippen LogP contribution in [-0.4, -0.2) is 49.5 Å². The summed E-state index contributed by atoms with van der Waals surface area (Å²) in [5, 5.41) is 3.38. The normalized spacial score (nSPS) is 16.9. The smallest absolute Gasteiger partial charge is 0.194 e. The summed E-state index contributed by atoms with van der Waals surface area (Å²) in [5.74, 6) is 0.811. The van der Waals surface area contributed by atoms with Crippen molar-refractivity contribution >= 4 is 29.9 Å². The number of rotatable bonds is 5. The lowest BCUT2D eigenvalue weighted by atomic mass is 9.93. The fourth-order valence-corrected chi connectivity index (χ4v) is 3.07. The van der Waals surface area contributed by atoms with Crippen LogP contribution in [0, 0.1) is 11.2 Å². The molecule has 1 aliphatic rings.